The van der Waals surface area contributed by atoms with Crippen LogP contribution in [0.25, 0.3) is 10.2 Å². The van der Waals surface area contributed by atoms with Crippen LogP contribution in [-0.2, 0) is 16.6 Å². The highest BCUT2D eigenvalue weighted by atomic mass is 32.2. The van der Waals surface area contributed by atoms with E-state index in [0.717, 1.165) is 16.0 Å². The molecule has 0 aliphatic rings. The smallest absolute Gasteiger partial charge is 0.319 e. The van der Waals surface area contributed by atoms with E-state index in [4.69, 9.17) is 4.74 Å². The minimum atomic E-state index is -3.72. The van der Waals surface area contributed by atoms with Gasteiger partial charge in [0.1, 0.15) is 5.75 Å². The molecule has 3 N–H and O–H groups in total. The maximum absolute atomic E-state index is 12.5. The third-order valence-corrected chi connectivity index (χ3v) is 6.94. The number of urea groups is 1. The van der Waals surface area contributed by atoms with Crippen molar-refractivity contribution < 1.29 is 17.9 Å². The number of nitrogens with zero attached hydrogens (tertiary/aromatic N) is 1. The van der Waals surface area contributed by atoms with Crippen molar-refractivity contribution >= 4 is 48.4 Å². The van der Waals surface area contributed by atoms with Gasteiger partial charge in [0.25, 0.3) is 10.0 Å². The molecule has 0 spiro atoms. The van der Waals surface area contributed by atoms with Gasteiger partial charge >= 0.3 is 6.03 Å². The van der Waals surface area contributed by atoms with Crippen molar-refractivity contribution in [2.75, 3.05) is 17.1 Å². The lowest BCUT2D eigenvalue weighted by atomic mass is 10.2. The number of sulfonamides is 1. The third kappa shape index (κ3) is 5.16. The Bertz CT molecular complexity index is 1350. The normalized spacial score (nSPS) is 11.2. The second-order valence-electron chi connectivity index (χ2n) is 6.78. The van der Waals surface area contributed by atoms with Gasteiger partial charge in [-0.25, -0.2) is 18.2 Å². The summed E-state index contributed by atoms with van der Waals surface area (Å²) in [5, 5.41) is 5.80. The van der Waals surface area contributed by atoms with Gasteiger partial charge in [0.05, 0.1) is 22.2 Å². The van der Waals surface area contributed by atoms with Gasteiger partial charge in [0, 0.05) is 12.2 Å². The van der Waals surface area contributed by atoms with E-state index in [1.54, 1.807) is 43.5 Å². The molecule has 0 saturated carbocycles. The molecule has 0 atom stereocenters. The number of hydrogen-bond acceptors (Lipinski definition) is 6. The first-order valence-corrected chi connectivity index (χ1v) is 11.9. The van der Waals surface area contributed by atoms with Gasteiger partial charge in [-0.3, -0.25) is 4.72 Å². The number of amides is 2. The number of methoxy groups -OCH3 is 1. The Labute approximate surface area is 189 Å². The number of carbonyl (C=O) groups is 1. The van der Waals surface area contributed by atoms with E-state index in [0.29, 0.717) is 17.7 Å². The molecular weight excluding hydrogens is 448 g/mol. The molecule has 0 aliphatic carbocycles. The zero-order chi connectivity index (χ0) is 22.6. The average molecular weight is 469 g/mol. The fraction of sp³-hybridized carbons (Fsp3) is 0.0909. The van der Waals surface area contributed by atoms with Crippen molar-refractivity contribution in [3.8, 4) is 5.75 Å². The van der Waals surface area contributed by atoms with E-state index in [1.807, 2.05) is 24.3 Å². The summed E-state index contributed by atoms with van der Waals surface area (Å²) in [6, 6.07) is 20.4. The molecule has 0 radical (unpaired) electrons. The Morgan fingerprint density at radius 1 is 1.03 bits per heavy atom. The molecule has 0 aliphatic heterocycles. The van der Waals surface area contributed by atoms with E-state index in [2.05, 4.69) is 20.3 Å². The minimum absolute atomic E-state index is 0.161. The summed E-state index contributed by atoms with van der Waals surface area (Å²) >= 11 is 1.22. The van der Waals surface area contributed by atoms with Crippen LogP contribution >= 0.6 is 11.3 Å². The maximum atomic E-state index is 12.5. The monoisotopic (exact) mass is 468 g/mol. The van der Waals surface area contributed by atoms with Gasteiger partial charge in [0.15, 0.2) is 5.13 Å². The maximum Gasteiger partial charge on any atom is 0.319 e. The highest BCUT2D eigenvalue weighted by Gasteiger charge is 2.16. The van der Waals surface area contributed by atoms with Gasteiger partial charge in [0.2, 0.25) is 0 Å². The van der Waals surface area contributed by atoms with Crippen molar-refractivity contribution in [2.24, 2.45) is 0 Å². The molecule has 10 heteroatoms. The van der Waals surface area contributed by atoms with Gasteiger partial charge in [-0.1, -0.05) is 41.7 Å². The standard InChI is InChI=1S/C22H20N4O4S2/c1-30-17-7-5-6-15(12-17)14-23-21(27)24-16-10-11-20-19(13-16)25-22(31-20)26-32(28,29)18-8-3-2-4-9-18/h2-13H,14H2,1H3,(H,25,26)(H2,23,24,27). The van der Waals surface area contributed by atoms with Crippen molar-refractivity contribution in [1.29, 1.82) is 0 Å². The Kier molecular flexibility index (Phi) is 6.24. The number of ether oxygens (including phenoxy) is 1. The molecule has 4 rings (SSSR count). The number of hydrogen-bond donors (Lipinski definition) is 3. The van der Waals surface area contributed by atoms with Crippen LogP contribution in [0, 0.1) is 0 Å². The van der Waals surface area contributed by atoms with E-state index >= 15 is 0 Å². The van der Waals surface area contributed by atoms with Crippen LogP contribution in [0.3, 0.4) is 0 Å². The van der Waals surface area contributed by atoms with Crippen molar-refractivity contribution in [2.45, 2.75) is 11.4 Å². The lowest BCUT2D eigenvalue weighted by Gasteiger charge is -2.08. The van der Waals surface area contributed by atoms with Crippen LogP contribution in [0.1, 0.15) is 5.56 Å². The number of carbonyl (C=O) groups excluding carboxylic acids is 1. The van der Waals surface area contributed by atoms with Gasteiger partial charge in [-0.05, 0) is 48.0 Å². The number of fused-ring (bicyclic) bond motifs is 1. The quantitative estimate of drug-likeness (QED) is 0.372. The van der Waals surface area contributed by atoms with Gasteiger partial charge in [-0.2, -0.15) is 0 Å². The fourth-order valence-corrected chi connectivity index (χ4v) is 5.06. The lowest BCUT2D eigenvalue weighted by molar-refractivity contribution is 0.251. The molecule has 8 nitrogen and oxygen atoms in total. The number of aromatic nitrogens is 1. The molecule has 3 aromatic carbocycles. The molecule has 32 heavy (non-hydrogen) atoms. The number of benzene rings is 3. The van der Waals surface area contributed by atoms with Crippen LogP contribution in [0.4, 0.5) is 15.6 Å². The molecule has 4 aromatic rings. The first kappa shape index (κ1) is 21.6. The minimum Gasteiger partial charge on any atom is -0.497 e. The predicted molar refractivity (Wildman–Crippen MR) is 126 cm³/mol. The number of anilines is 2. The SMILES string of the molecule is COc1cccc(CNC(=O)Nc2ccc3sc(NS(=O)(=O)c4ccccc4)nc3c2)c1. The van der Waals surface area contributed by atoms with Crippen LogP contribution in [-0.4, -0.2) is 26.5 Å². The number of thiazole rings is 1. The molecule has 2 amide bonds. The Morgan fingerprint density at radius 3 is 2.62 bits per heavy atom. The highest BCUT2D eigenvalue weighted by molar-refractivity contribution is 7.93. The third-order valence-electron chi connectivity index (χ3n) is 4.51. The zero-order valence-electron chi connectivity index (χ0n) is 17.0. The van der Waals surface area contributed by atoms with Crippen LogP contribution in [0.2, 0.25) is 0 Å². The molecule has 1 heterocycles. The van der Waals surface area contributed by atoms with Gasteiger partial charge in [-0.15, -0.1) is 0 Å². The van der Waals surface area contributed by atoms with Gasteiger partial charge < -0.3 is 15.4 Å². The topological polar surface area (TPSA) is 109 Å². The largest absolute Gasteiger partial charge is 0.497 e. The van der Waals surface area contributed by atoms with E-state index in [-0.39, 0.29) is 16.1 Å². The van der Waals surface area contributed by atoms with Crippen LogP contribution in [0.5, 0.6) is 5.75 Å². The van der Waals surface area contributed by atoms with E-state index in [1.165, 1.54) is 23.5 Å². The summed E-state index contributed by atoms with van der Waals surface area (Å²) in [7, 11) is -2.13. The van der Waals surface area contributed by atoms with Crippen LogP contribution in [0.15, 0.2) is 77.7 Å². The molecule has 1 aromatic heterocycles. The summed E-state index contributed by atoms with van der Waals surface area (Å²) in [6.07, 6.45) is 0. The van der Waals surface area contributed by atoms with Crippen molar-refractivity contribution in [1.82, 2.24) is 10.3 Å². The first-order valence-electron chi connectivity index (χ1n) is 9.59. The molecular formula is C22H20N4O4S2. The zero-order valence-corrected chi connectivity index (χ0v) is 18.7. The summed E-state index contributed by atoms with van der Waals surface area (Å²) in [4.78, 5) is 16.8. The van der Waals surface area contributed by atoms with E-state index in [9.17, 15) is 13.2 Å². The number of nitrogens with one attached hydrogen (secondary N) is 3. The van der Waals surface area contributed by atoms with Crippen LogP contribution < -0.4 is 20.1 Å². The summed E-state index contributed by atoms with van der Waals surface area (Å²) < 4.78 is 33.5. The fourth-order valence-electron chi connectivity index (χ4n) is 2.96. The van der Waals surface area contributed by atoms with Crippen molar-refractivity contribution in [3.05, 3.63) is 78.4 Å². The molecule has 0 fully saturated rings. The summed E-state index contributed by atoms with van der Waals surface area (Å²) in [5.41, 5.74) is 2.03. The second-order valence-corrected chi connectivity index (χ2v) is 9.49. The van der Waals surface area contributed by atoms with Crippen molar-refractivity contribution in [3.63, 3.8) is 0 Å². The number of rotatable bonds is 7. The highest BCUT2D eigenvalue weighted by Crippen LogP contribution is 2.29. The Morgan fingerprint density at radius 2 is 1.84 bits per heavy atom. The molecule has 0 saturated heterocycles. The average Bonchev–Trinajstić information content (AvgIpc) is 3.19. The second kappa shape index (κ2) is 9.25. The summed E-state index contributed by atoms with van der Waals surface area (Å²) in [6.45, 7) is 0.341. The predicted octanol–water partition coefficient (Wildman–Crippen LogP) is 4.43. The van der Waals surface area contributed by atoms with E-state index < -0.39 is 10.0 Å². The first-order chi connectivity index (χ1) is 15.4. The lowest BCUT2D eigenvalue weighted by Crippen LogP contribution is -2.28. The Hall–Kier alpha value is -3.63. The molecule has 0 unspecified atom stereocenters. The Balaban J connectivity index is 1.42. The molecule has 0 bridgehead atoms. The molecule has 164 valence electrons. The summed E-state index contributed by atoms with van der Waals surface area (Å²) in [5.74, 6) is 0.720.